The van der Waals surface area contributed by atoms with Gasteiger partial charge in [0.1, 0.15) is 5.75 Å². The van der Waals surface area contributed by atoms with Crippen LogP contribution in [0.25, 0.3) is 0 Å². The predicted molar refractivity (Wildman–Crippen MR) is 75.9 cm³/mol. The molecule has 0 spiro atoms. The molecule has 0 heterocycles. The first-order valence-electron chi connectivity index (χ1n) is 7.06. The summed E-state index contributed by atoms with van der Waals surface area (Å²) in [5.74, 6) is 1.82. The molecule has 1 N–H and O–H groups in total. The van der Waals surface area contributed by atoms with Crippen molar-refractivity contribution in [2.45, 2.75) is 52.1 Å². The molecule has 1 aliphatic carbocycles. The molecule has 0 aliphatic heterocycles. The van der Waals surface area contributed by atoms with Crippen LogP contribution in [0.4, 0.5) is 0 Å². The second-order valence-electron chi connectivity index (χ2n) is 5.99. The van der Waals surface area contributed by atoms with Gasteiger partial charge in [-0.2, -0.15) is 0 Å². The van der Waals surface area contributed by atoms with Crippen molar-refractivity contribution < 1.29 is 4.74 Å². The van der Waals surface area contributed by atoms with Gasteiger partial charge in [0.25, 0.3) is 0 Å². The van der Waals surface area contributed by atoms with Crippen LogP contribution in [-0.2, 0) is 6.54 Å². The first kappa shape index (κ1) is 13.4. The molecule has 1 saturated carbocycles. The Morgan fingerprint density at radius 2 is 2.11 bits per heavy atom. The van der Waals surface area contributed by atoms with Gasteiger partial charge in [0.2, 0.25) is 0 Å². The van der Waals surface area contributed by atoms with Gasteiger partial charge in [-0.15, -0.1) is 0 Å². The lowest BCUT2D eigenvalue weighted by molar-refractivity contribution is 0.299. The molecule has 0 atom stereocenters. The van der Waals surface area contributed by atoms with Crippen LogP contribution in [0.1, 0.15) is 45.6 Å². The second kappa shape index (κ2) is 5.75. The maximum atomic E-state index is 5.80. The average Bonchev–Trinajstić information content (AvgIpc) is 3.19. The number of nitrogens with one attached hydrogen (secondary N) is 1. The zero-order chi connectivity index (χ0) is 13.0. The molecular formula is C16H25NO. The van der Waals surface area contributed by atoms with Crippen LogP contribution in [0.2, 0.25) is 0 Å². The highest BCUT2D eigenvalue weighted by atomic mass is 16.5. The third kappa shape index (κ3) is 4.34. The third-order valence-electron chi connectivity index (χ3n) is 3.74. The molecule has 0 radical (unpaired) electrons. The van der Waals surface area contributed by atoms with Gasteiger partial charge in [0, 0.05) is 12.1 Å². The van der Waals surface area contributed by atoms with E-state index in [1.165, 1.54) is 18.4 Å². The number of hydrogen-bond donors (Lipinski definition) is 1. The van der Waals surface area contributed by atoms with Gasteiger partial charge in [0.05, 0.1) is 6.61 Å². The number of benzene rings is 1. The smallest absolute Gasteiger partial charge is 0.119 e. The van der Waals surface area contributed by atoms with Crippen molar-refractivity contribution in [2.75, 3.05) is 6.61 Å². The van der Waals surface area contributed by atoms with Crippen LogP contribution in [0.15, 0.2) is 24.3 Å². The molecule has 100 valence electrons. The van der Waals surface area contributed by atoms with Gasteiger partial charge in [-0.25, -0.2) is 0 Å². The van der Waals surface area contributed by atoms with Crippen LogP contribution in [0.3, 0.4) is 0 Å². The minimum absolute atomic E-state index is 0.199. The monoisotopic (exact) mass is 247 g/mol. The van der Waals surface area contributed by atoms with Crippen LogP contribution in [-0.4, -0.2) is 12.1 Å². The number of hydrogen-bond acceptors (Lipinski definition) is 2. The van der Waals surface area contributed by atoms with Gasteiger partial charge in [-0.3, -0.25) is 0 Å². The summed E-state index contributed by atoms with van der Waals surface area (Å²) >= 11 is 0. The van der Waals surface area contributed by atoms with Crippen molar-refractivity contribution in [3.05, 3.63) is 29.8 Å². The maximum Gasteiger partial charge on any atom is 0.119 e. The summed E-state index contributed by atoms with van der Waals surface area (Å²) in [4.78, 5) is 0. The van der Waals surface area contributed by atoms with Crippen LogP contribution in [0, 0.1) is 5.92 Å². The first-order chi connectivity index (χ1) is 8.59. The minimum Gasteiger partial charge on any atom is -0.493 e. The fourth-order valence-corrected chi connectivity index (χ4v) is 1.71. The summed E-state index contributed by atoms with van der Waals surface area (Å²) in [6, 6.07) is 8.44. The van der Waals surface area contributed by atoms with Gasteiger partial charge in [-0.05, 0) is 56.7 Å². The van der Waals surface area contributed by atoms with E-state index in [1.807, 2.05) is 0 Å². The van der Waals surface area contributed by atoms with Gasteiger partial charge in [-0.1, -0.05) is 19.1 Å². The molecule has 1 fully saturated rings. The van der Waals surface area contributed by atoms with E-state index < -0.39 is 0 Å². The Kier molecular flexibility index (Phi) is 4.28. The van der Waals surface area contributed by atoms with Crippen molar-refractivity contribution in [3.8, 4) is 5.75 Å². The Labute approximate surface area is 111 Å². The molecule has 2 rings (SSSR count). The lowest BCUT2D eigenvalue weighted by Gasteiger charge is -2.24. The average molecular weight is 247 g/mol. The Morgan fingerprint density at radius 1 is 1.33 bits per heavy atom. The number of rotatable bonds is 7. The zero-order valence-corrected chi connectivity index (χ0v) is 11.8. The van der Waals surface area contributed by atoms with Crippen molar-refractivity contribution in [3.63, 3.8) is 0 Å². The standard InChI is InChI=1S/C16H25NO/c1-4-16(2,3)17-11-14-6-5-7-15(10-14)18-12-13-8-9-13/h5-7,10,13,17H,4,8-9,11-12H2,1-3H3. The van der Waals surface area contributed by atoms with E-state index >= 15 is 0 Å². The van der Waals surface area contributed by atoms with E-state index in [0.717, 1.165) is 31.2 Å². The van der Waals surface area contributed by atoms with Crippen molar-refractivity contribution in [2.24, 2.45) is 5.92 Å². The summed E-state index contributed by atoms with van der Waals surface area (Å²) in [5, 5.41) is 3.57. The predicted octanol–water partition coefficient (Wildman–Crippen LogP) is 3.75. The van der Waals surface area contributed by atoms with Crippen LogP contribution in [0.5, 0.6) is 5.75 Å². The third-order valence-corrected chi connectivity index (χ3v) is 3.74. The largest absolute Gasteiger partial charge is 0.493 e. The van der Waals surface area contributed by atoms with E-state index in [9.17, 15) is 0 Å². The molecule has 1 aliphatic rings. The van der Waals surface area contributed by atoms with Gasteiger partial charge < -0.3 is 10.1 Å². The molecule has 2 nitrogen and oxygen atoms in total. The topological polar surface area (TPSA) is 21.3 Å². The highest BCUT2D eigenvalue weighted by Crippen LogP contribution is 2.29. The molecule has 0 amide bonds. The Hall–Kier alpha value is -1.02. The second-order valence-corrected chi connectivity index (χ2v) is 5.99. The highest BCUT2D eigenvalue weighted by Gasteiger charge is 2.21. The van der Waals surface area contributed by atoms with Crippen molar-refractivity contribution in [1.29, 1.82) is 0 Å². The molecule has 0 saturated heterocycles. The van der Waals surface area contributed by atoms with E-state index in [2.05, 4.69) is 50.4 Å². The summed E-state index contributed by atoms with van der Waals surface area (Å²) in [6.07, 6.45) is 3.81. The minimum atomic E-state index is 0.199. The van der Waals surface area contributed by atoms with Crippen LogP contribution >= 0.6 is 0 Å². The van der Waals surface area contributed by atoms with E-state index in [0.29, 0.717) is 0 Å². The fraction of sp³-hybridized carbons (Fsp3) is 0.625. The molecule has 0 bridgehead atoms. The SMILES string of the molecule is CCC(C)(C)NCc1cccc(OCC2CC2)c1. The molecule has 0 unspecified atom stereocenters. The van der Waals surface area contributed by atoms with Crippen molar-refractivity contribution in [1.82, 2.24) is 5.32 Å². The van der Waals surface area contributed by atoms with E-state index in [1.54, 1.807) is 0 Å². The van der Waals surface area contributed by atoms with Crippen molar-refractivity contribution >= 4 is 0 Å². The zero-order valence-electron chi connectivity index (χ0n) is 11.8. The summed E-state index contributed by atoms with van der Waals surface area (Å²) < 4.78 is 5.80. The van der Waals surface area contributed by atoms with E-state index in [-0.39, 0.29) is 5.54 Å². The van der Waals surface area contributed by atoms with E-state index in [4.69, 9.17) is 4.74 Å². The Morgan fingerprint density at radius 3 is 2.78 bits per heavy atom. The lowest BCUT2D eigenvalue weighted by Crippen LogP contribution is -2.37. The normalized spacial score (nSPS) is 15.7. The molecule has 0 aromatic heterocycles. The molecule has 2 heteroatoms. The molecule has 1 aromatic carbocycles. The van der Waals surface area contributed by atoms with Crippen LogP contribution < -0.4 is 10.1 Å². The Bertz CT molecular complexity index is 382. The summed E-state index contributed by atoms with van der Waals surface area (Å²) in [5.41, 5.74) is 1.50. The van der Waals surface area contributed by atoms with Gasteiger partial charge >= 0.3 is 0 Å². The molecule has 1 aromatic rings. The number of ether oxygens (including phenoxy) is 1. The lowest BCUT2D eigenvalue weighted by atomic mass is 10.0. The first-order valence-corrected chi connectivity index (χ1v) is 7.06. The molecule has 18 heavy (non-hydrogen) atoms. The fourth-order valence-electron chi connectivity index (χ4n) is 1.71. The molecular weight excluding hydrogens is 222 g/mol. The summed E-state index contributed by atoms with van der Waals surface area (Å²) in [7, 11) is 0. The highest BCUT2D eigenvalue weighted by molar-refractivity contribution is 5.28. The summed E-state index contributed by atoms with van der Waals surface area (Å²) in [6.45, 7) is 8.47. The maximum absolute atomic E-state index is 5.80. The quantitative estimate of drug-likeness (QED) is 0.792. The van der Waals surface area contributed by atoms with Gasteiger partial charge in [0.15, 0.2) is 0 Å². The Balaban J connectivity index is 1.85.